The number of rotatable bonds is 15. The molecule has 0 fully saturated rings. The van der Waals surface area contributed by atoms with Gasteiger partial charge in [-0.2, -0.15) is 8.42 Å². The molecule has 0 bridgehead atoms. The van der Waals surface area contributed by atoms with Gasteiger partial charge in [-0.05, 0) is 36.0 Å². The van der Waals surface area contributed by atoms with Crippen molar-refractivity contribution in [2.45, 2.75) is 89.2 Å². The van der Waals surface area contributed by atoms with Crippen molar-refractivity contribution in [1.82, 2.24) is 0 Å². The first kappa shape index (κ1) is 24.6. The molecular weight excluding hydrogens is 392 g/mol. The van der Waals surface area contributed by atoms with Gasteiger partial charge in [-0.25, -0.2) is 0 Å². The Morgan fingerprint density at radius 1 is 0.700 bits per heavy atom. The summed E-state index contributed by atoms with van der Waals surface area (Å²) in [6, 6.07) is 17.2. The summed E-state index contributed by atoms with van der Waals surface area (Å²) >= 11 is 0. The molecule has 0 saturated carbocycles. The number of aryl methyl sites for hydroxylation is 1. The average Bonchev–Trinajstić information content (AvgIpc) is 2.74. The summed E-state index contributed by atoms with van der Waals surface area (Å²) in [5, 5.41) is -0.925. The molecule has 1 N–H and O–H groups in total. The Morgan fingerprint density at radius 2 is 1.23 bits per heavy atom. The summed E-state index contributed by atoms with van der Waals surface area (Å²) in [4.78, 5) is 0. The van der Waals surface area contributed by atoms with Crippen LogP contribution < -0.4 is 0 Å². The van der Waals surface area contributed by atoms with E-state index in [0.29, 0.717) is 5.56 Å². The molecule has 2 aromatic carbocycles. The Kier molecular flexibility index (Phi) is 11.2. The van der Waals surface area contributed by atoms with Crippen LogP contribution in [0.4, 0.5) is 0 Å². The number of unbranched alkanes of at least 4 members (excludes halogenated alkanes) is 9. The first-order valence-electron chi connectivity index (χ1n) is 11.6. The Hall–Kier alpha value is -1.65. The second-order valence-electron chi connectivity index (χ2n) is 8.37. The van der Waals surface area contributed by atoms with Crippen LogP contribution in [0.5, 0.6) is 0 Å². The maximum Gasteiger partial charge on any atom is 0.272 e. The number of hydrogen-bond acceptors (Lipinski definition) is 2. The molecule has 0 aliphatic heterocycles. The Labute approximate surface area is 183 Å². The molecule has 1 unspecified atom stereocenters. The maximum atomic E-state index is 11.9. The van der Waals surface area contributed by atoms with Crippen molar-refractivity contribution in [1.29, 1.82) is 0 Å². The van der Waals surface area contributed by atoms with Crippen LogP contribution in [0.25, 0.3) is 0 Å². The third-order valence-corrected chi connectivity index (χ3v) is 6.95. The zero-order chi connectivity index (χ0) is 21.7. The van der Waals surface area contributed by atoms with Crippen LogP contribution in [-0.2, 0) is 23.0 Å². The topological polar surface area (TPSA) is 54.4 Å². The van der Waals surface area contributed by atoms with Crippen LogP contribution in [0.15, 0.2) is 54.6 Å². The molecular formula is C26H38O3S. The minimum atomic E-state index is -4.17. The lowest BCUT2D eigenvalue weighted by molar-refractivity contribution is 0.467. The molecule has 0 aliphatic carbocycles. The van der Waals surface area contributed by atoms with Gasteiger partial charge < -0.3 is 0 Å². The fourth-order valence-electron chi connectivity index (χ4n) is 3.94. The standard InChI is InChI=1S/C26H38O3S/c1-2-3-4-5-6-7-8-9-10-12-15-23-18-20-25(21-19-23)26(30(27,28)29)22-24-16-13-11-14-17-24/h11,13-14,16-21,26H,2-10,12,15,22H2,1H3,(H,27,28,29). The van der Waals surface area contributed by atoms with E-state index in [4.69, 9.17) is 0 Å². The van der Waals surface area contributed by atoms with Crippen LogP contribution >= 0.6 is 0 Å². The molecule has 0 radical (unpaired) electrons. The van der Waals surface area contributed by atoms with Gasteiger partial charge in [0.1, 0.15) is 5.25 Å². The van der Waals surface area contributed by atoms with Gasteiger partial charge in [-0.15, -0.1) is 0 Å². The summed E-state index contributed by atoms with van der Waals surface area (Å²) in [6.07, 6.45) is 14.5. The predicted molar refractivity (Wildman–Crippen MR) is 126 cm³/mol. The molecule has 0 amide bonds. The van der Waals surface area contributed by atoms with Crippen LogP contribution in [0.1, 0.15) is 93.1 Å². The van der Waals surface area contributed by atoms with Gasteiger partial charge >= 0.3 is 0 Å². The van der Waals surface area contributed by atoms with E-state index >= 15 is 0 Å². The lowest BCUT2D eigenvalue weighted by Gasteiger charge is -2.15. The predicted octanol–water partition coefficient (Wildman–Crippen LogP) is 7.32. The first-order chi connectivity index (χ1) is 14.5. The van der Waals surface area contributed by atoms with E-state index < -0.39 is 15.4 Å². The van der Waals surface area contributed by atoms with Gasteiger partial charge in [-0.3, -0.25) is 4.55 Å². The highest BCUT2D eigenvalue weighted by Crippen LogP contribution is 2.26. The van der Waals surface area contributed by atoms with Crippen LogP contribution in [-0.4, -0.2) is 13.0 Å². The van der Waals surface area contributed by atoms with Crippen molar-refractivity contribution in [2.75, 3.05) is 0 Å². The molecule has 30 heavy (non-hydrogen) atoms. The highest BCUT2D eigenvalue weighted by Gasteiger charge is 2.25. The lowest BCUT2D eigenvalue weighted by atomic mass is 10.00. The van der Waals surface area contributed by atoms with Gasteiger partial charge in [-0.1, -0.05) is 119 Å². The fraction of sp³-hybridized carbons (Fsp3) is 0.538. The van der Waals surface area contributed by atoms with E-state index in [1.807, 2.05) is 54.6 Å². The van der Waals surface area contributed by atoms with Gasteiger partial charge in [0.15, 0.2) is 0 Å². The third kappa shape index (κ3) is 9.44. The molecule has 1 atom stereocenters. The van der Waals surface area contributed by atoms with Crippen molar-refractivity contribution in [3.63, 3.8) is 0 Å². The second kappa shape index (κ2) is 13.6. The van der Waals surface area contributed by atoms with Gasteiger partial charge in [0.25, 0.3) is 10.1 Å². The van der Waals surface area contributed by atoms with Crippen molar-refractivity contribution in [3.8, 4) is 0 Å². The SMILES string of the molecule is CCCCCCCCCCCCc1ccc(C(Cc2ccccc2)S(=O)(=O)O)cc1. The normalized spacial score (nSPS) is 12.7. The monoisotopic (exact) mass is 430 g/mol. The Bertz CT molecular complexity index is 798. The summed E-state index contributed by atoms with van der Waals surface area (Å²) in [5.41, 5.74) is 2.77. The quantitative estimate of drug-likeness (QED) is 0.238. The maximum absolute atomic E-state index is 11.9. The van der Waals surface area contributed by atoms with E-state index in [2.05, 4.69) is 6.92 Å². The highest BCUT2D eigenvalue weighted by atomic mass is 32.2. The fourth-order valence-corrected chi connectivity index (χ4v) is 4.84. The summed E-state index contributed by atoms with van der Waals surface area (Å²) in [6.45, 7) is 2.26. The molecule has 2 rings (SSSR count). The zero-order valence-corrected chi connectivity index (χ0v) is 19.2. The lowest BCUT2D eigenvalue weighted by Crippen LogP contribution is -2.15. The Balaban J connectivity index is 1.75. The van der Waals surface area contributed by atoms with E-state index in [1.54, 1.807) is 0 Å². The molecule has 2 aromatic rings. The minimum Gasteiger partial charge on any atom is -0.285 e. The van der Waals surface area contributed by atoms with E-state index in [0.717, 1.165) is 12.0 Å². The van der Waals surface area contributed by atoms with Crippen molar-refractivity contribution >= 4 is 10.1 Å². The molecule has 0 aromatic heterocycles. The smallest absolute Gasteiger partial charge is 0.272 e. The molecule has 3 nitrogen and oxygen atoms in total. The van der Waals surface area contributed by atoms with Crippen LogP contribution in [0, 0.1) is 0 Å². The number of benzene rings is 2. The molecule has 0 spiro atoms. The molecule has 4 heteroatoms. The third-order valence-electron chi connectivity index (χ3n) is 5.79. The van der Waals surface area contributed by atoms with Crippen molar-refractivity contribution < 1.29 is 13.0 Å². The Morgan fingerprint density at radius 3 is 1.77 bits per heavy atom. The van der Waals surface area contributed by atoms with Gasteiger partial charge in [0, 0.05) is 0 Å². The molecule has 166 valence electrons. The van der Waals surface area contributed by atoms with Crippen LogP contribution in [0.3, 0.4) is 0 Å². The molecule has 0 aliphatic rings. The zero-order valence-electron chi connectivity index (χ0n) is 18.4. The largest absolute Gasteiger partial charge is 0.285 e. The first-order valence-corrected chi connectivity index (χ1v) is 13.1. The van der Waals surface area contributed by atoms with E-state index in [-0.39, 0.29) is 6.42 Å². The molecule has 0 heterocycles. The van der Waals surface area contributed by atoms with E-state index in [1.165, 1.54) is 69.8 Å². The summed E-state index contributed by atoms with van der Waals surface area (Å²) in [5.74, 6) is 0. The summed E-state index contributed by atoms with van der Waals surface area (Å²) in [7, 11) is -4.17. The van der Waals surface area contributed by atoms with Crippen molar-refractivity contribution in [3.05, 3.63) is 71.3 Å². The van der Waals surface area contributed by atoms with E-state index in [9.17, 15) is 13.0 Å². The molecule has 0 saturated heterocycles. The summed E-state index contributed by atoms with van der Waals surface area (Å²) < 4.78 is 33.6. The van der Waals surface area contributed by atoms with Gasteiger partial charge in [0.05, 0.1) is 0 Å². The van der Waals surface area contributed by atoms with Gasteiger partial charge in [0.2, 0.25) is 0 Å². The van der Waals surface area contributed by atoms with Crippen LogP contribution in [0.2, 0.25) is 0 Å². The average molecular weight is 431 g/mol. The number of hydrogen-bond donors (Lipinski definition) is 1. The minimum absolute atomic E-state index is 0.275. The second-order valence-corrected chi connectivity index (χ2v) is 9.97. The highest BCUT2D eigenvalue weighted by molar-refractivity contribution is 7.86. The van der Waals surface area contributed by atoms with Crippen molar-refractivity contribution in [2.24, 2.45) is 0 Å².